The normalized spacial score (nSPS) is 30.1. The first-order chi connectivity index (χ1) is 11.6. The molecule has 3 aliphatic rings. The molecule has 128 valence electrons. The van der Waals surface area contributed by atoms with Crippen molar-refractivity contribution in [1.29, 1.82) is 0 Å². The number of carboxylic acids is 1. The van der Waals surface area contributed by atoms with Crippen LogP contribution in [0.15, 0.2) is 24.3 Å². The molecule has 2 N–H and O–H groups in total. The Morgan fingerprint density at radius 3 is 2.62 bits per heavy atom. The van der Waals surface area contributed by atoms with Crippen LogP contribution in [0.3, 0.4) is 0 Å². The molecule has 0 bridgehead atoms. The van der Waals surface area contributed by atoms with Crippen LogP contribution in [0.5, 0.6) is 5.75 Å². The van der Waals surface area contributed by atoms with Crippen molar-refractivity contribution in [3.8, 4) is 5.75 Å². The summed E-state index contributed by atoms with van der Waals surface area (Å²) >= 11 is 0. The quantitative estimate of drug-likeness (QED) is 0.894. The monoisotopic (exact) mass is 329 g/mol. The first-order valence-electron chi connectivity index (χ1n) is 8.85. The molecular weight excluding hydrogens is 306 g/mol. The van der Waals surface area contributed by atoms with Crippen molar-refractivity contribution in [3.05, 3.63) is 29.8 Å². The number of rotatable bonds is 3. The second-order valence-electron chi connectivity index (χ2n) is 7.44. The first kappa shape index (κ1) is 15.5. The van der Waals surface area contributed by atoms with E-state index < -0.39 is 11.5 Å². The average Bonchev–Trinajstić information content (AvgIpc) is 3.31. The molecule has 24 heavy (non-hydrogen) atoms. The number of aliphatic carboxylic acids is 1. The second-order valence-corrected chi connectivity index (χ2v) is 7.44. The van der Waals surface area contributed by atoms with Crippen molar-refractivity contribution in [2.45, 2.75) is 55.9 Å². The van der Waals surface area contributed by atoms with Crippen molar-refractivity contribution < 1.29 is 19.4 Å². The predicted molar refractivity (Wildman–Crippen MR) is 87.9 cm³/mol. The summed E-state index contributed by atoms with van der Waals surface area (Å²) in [7, 11) is 0. The number of benzene rings is 1. The zero-order valence-electron chi connectivity index (χ0n) is 13.7. The number of amides is 1. The summed E-state index contributed by atoms with van der Waals surface area (Å²) in [5, 5.41) is 12.6. The van der Waals surface area contributed by atoms with E-state index in [4.69, 9.17) is 4.74 Å². The summed E-state index contributed by atoms with van der Waals surface area (Å²) < 4.78 is 5.71. The number of carbonyl (C=O) groups excluding carboxylic acids is 1. The van der Waals surface area contributed by atoms with Gasteiger partial charge in [-0.1, -0.05) is 37.5 Å². The number of fused-ring (bicyclic) bond motifs is 2. The van der Waals surface area contributed by atoms with Gasteiger partial charge in [0.2, 0.25) is 5.91 Å². The van der Waals surface area contributed by atoms with Crippen LogP contribution < -0.4 is 10.1 Å². The molecule has 0 unspecified atom stereocenters. The van der Waals surface area contributed by atoms with E-state index in [1.54, 1.807) is 0 Å². The number of hydrogen-bond acceptors (Lipinski definition) is 3. The Hall–Kier alpha value is -2.04. The molecule has 1 aliphatic heterocycles. The Bertz CT molecular complexity index is 680. The molecule has 1 spiro atoms. The van der Waals surface area contributed by atoms with Crippen LogP contribution in [-0.2, 0) is 15.0 Å². The fourth-order valence-corrected chi connectivity index (χ4v) is 4.58. The first-order valence-corrected chi connectivity index (χ1v) is 8.85. The molecule has 1 amide bonds. The van der Waals surface area contributed by atoms with E-state index in [1.807, 2.05) is 24.3 Å². The third-order valence-electron chi connectivity index (χ3n) is 6.10. The van der Waals surface area contributed by atoms with E-state index in [1.165, 1.54) is 0 Å². The Labute approximate surface area is 141 Å². The Kier molecular flexibility index (Phi) is 3.55. The van der Waals surface area contributed by atoms with Crippen LogP contribution >= 0.6 is 0 Å². The van der Waals surface area contributed by atoms with Gasteiger partial charge < -0.3 is 15.2 Å². The zero-order valence-corrected chi connectivity index (χ0v) is 13.7. The molecule has 0 saturated heterocycles. The summed E-state index contributed by atoms with van der Waals surface area (Å²) in [6.45, 7) is 0.616. The molecule has 1 aromatic rings. The van der Waals surface area contributed by atoms with Crippen LogP contribution in [0.25, 0.3) is 0 Å². The Morgan fingerprint density at radius 1 is 1.12 bits per heavy atom. The molecule has 4 rings (SSSR count). The smallest absolute Gasteiger partial charge is 0.329 e. The van der Waals surface area contributed by atoms with Crippen LogP contribution in [0.1, 0.15) is 50.5 Å². The summed E-state index contributed by atoms with van der Waals surface area (Å²) in [6.07, 6.45) is 5.44. The van der Waals surface area contributed by atoms with Gasteiger partial charge in [0, 0.05) is 16.9 Å². The molecule has 5 nitrogen and oxygen atoms in total. The van der Waals surface area contributed by atoms with E-state index >= 15 is 0 Å². The van der Waals surface area contributed by atoms with Crippen LogP contribution in [0.4, 0.5) is 0 Å². The van der Waals surface area contributed by atoms with E-state index in [-0.39, 0.29) is 17.2 Å². The molecular formula is C19H23NO4. The second kappa shape index (κ2) is 5.50. The molecule has 5 heteroatoms. The number of carboxylic acid groups (broad SMARTS) is 1. The maximum Gasteiger partial charge on any atom is 0.329 e. The molecule has 2 atom stereocenters. The van der Waals surface area contributed by atoms with E-state index in [2.05, 4.69) is 5.32 Å². The maximum atomic E-state index is 12.9. The fraction of sp³-hybridized carbons (Fsp3) is 0.579. The predicted octanol–water partition coefficient (Wildman–Crippen LogP) is 2.63. The van der Waals surface area contributed by atoms with Gasteiger partial charge in [-0.2, -0.15) is 0 Å². The third kappa shape index (κ3) is 2.29. The lowest BCUT2D eigenvalue weighted by Crippen LogP contribution is -2.56. The minimum Gasteiger partial charge on any atom is -0.493 e. The molecule has 2 saturated carbocycles. The van der Waals surface area contributed by atoms with Gasteiger partial charge in [0.1, 0.15) is 11.3 Å². The van der Waals surface area contributed by atoms with Crippen LogP contribution in [-0.4, -0.2) is 29.1 Å². The number of carbonyl (C=O) groups is 2. The van der Waals surface area contributed by atoms with Gasteiger partial charge in [0.05, 0.1) is 6.61 Å². The average molecular weight is 329 g/mol. The minimum atomic E-state index is -1.07. The van der Waals surface area contributed by atoms with Crippen LogP contribution in [0.2, 0.25) is 0 Å². The van der Waals surface area contributed by atoms with E-state index in [0.717, 1.165) is 43.4 Å². The molecule has 0 radical (unpaired) electrons. The highest BCUT2D eigenvalue weighted by molar-refractivity contribution is 5.91. The van der Waals surface area contributed by atoms with E-state index in [0.29, 0.717) is 19.4 Å². The molecule has 1 aromatic carbocycles. The third-order valence-corrected chi connectivity index (χ3v) is 6.10. The zero-order chi connectivity index (χ0) is 16.8. The van der Waals surface area contributed by atoms with Gasteiger partial charge in [-0.25, -0.2) is 4.79 Å². The van der Waals surface area contributed by atoms with Crippen molar-refractivity contribution in [2.75, 3.05) is 6.61 Å². The molecule has 2 aliphatic carbocycles. The van der Waals surface area contributed by atoms with Crippen molar-refractivity contribution in [2.24, 2.45) is 5.92 Å². The van der Waals surface area contributed by atoms with Crippen molar-refractivity contribution >= 4 is 11.9 Å². The van der Waals surface area contributed by atoms with E-state index in [9.17, 15) is 14.7 Å². The van der Waals surface area contributed by atoms with Gasteiger partial charge in [-0.05, 0) is 31.7 Å². The highest BCUT2D eigenvalue weighted by Gasteiger charge is 2.62. The largest absolute Gasteiger partial charge is 0.493 e. The SMILES string of the molecule is O=C(NC1(C(=O)O)CCCCC1)[C@@H]1C[C@]12CCOc1ccccc12. The highest BCUT2D eigenvalue weighted by atomic mass is 16.5. The summed E-state index contributed by atoms with van der Waals surface area (Å²) in [5.74, 6) is -0.265. The summed E-state index contributed by atoms with van der Waals surface area (Å²) in [6, 6.07) is 7.90. The van der Waals surface area contributed by atoms with Gasteiger partial charge in [-0.15, -0.1) is 0 Å². The summed E-state index contributed by atoms with van der Waals surface area (Å²) in [5.41, 5.74) is -0.124. The van der Waals surface area contributed by atoms with Crippen molar-refractivity contribution in [1.82, 2.24) is 5.32 Å². The number of para-hydroxylation sites is 1. The number of hydrogen-bond donors (Lipinski definition) is 2. The lowest BCUT2D eigenvalue weighted by Gasteiger charge is -2.34. The number of ether oxygens (including phenoxy) is 1. The van der Waals surface area contributed by atoms with Crippen LogP contribution in [0, 0.1) is 5.92 Å². The Morgan fingerprint density at radius 2 is 1.88 bits per heavy atom. The van der Waals surface area contributed by atoms with Gasteiger partial charge in [-0.3, -0.25) is 4.79 Å². The molecule has 2 fully saturated rings. The standard InChI is InChI=1S/C19H23NO4/c21-16(20-19(17(22)23)8-4-1-5-9-19)14-12-18(14)10-11-24-15-7-3-2-6-13(15)18/h2-3,6-7,14H,1,4-5,8-12H2,(H,20,21)(H,22,23)/t14-,18-/m0/s1. The molecule has 0 aromatic heterocycles. The van der Waals surface area contributed by atoms with Gasteiger partial charge in [0.25, 0.3) is 0 Å². The van der Waals surface area contributed by atoms with Crippen molar-refractivity contribution in [3.63, 3.8) is 0 Å². The Balaban J connectivity index is 1.54. The van der Waals surface area contributed by atoms with Gasteiger partial charge >= 0.3 is 5.97 Å². The highest BCUT2D eigenvalue weighted by Crippen LogP contribution is 2.60. The topological polar surface area (TPSA) is 75.6 Å². The number of nitrogens with one attached hydrogen (secondary N) is 1. The molecule has 1 heterocycles. The maximum absolute atomic E-state index is 12.9. The van der Waals surface area contributed by atoms with Gasteiger partial charge in [0.15, 0.2) is 0 Å². The lowest BCUT2D eigenvalue weighted by atomic mass is 9.81. The lowest BCUT2D eigenvalue weighted by molar-refractivity contribution is -0.149. The summed E-state index contributed by atoms with van der Waals surface area (Å²) in [4.78, 5) is 24.6. The fourth-order valence-electron chi connectivity index (χ4n) is 4.58. The minimum absolute atomic E-state index is 0.101.